The molecule has 0 bridgehead atoms. The van der Waals surface area contributed by atoms with Gasteiger partial charge in [0.1, 0.15) is 0 Å². The second kappa shape index (κ2) is 4.74. The van der Waals surface area contributed by atoms with Gasteiger partial charge in [0.2, 0.25) is 11.8 Å². The van der Waals surface area contributed by atoms with Crippen molar-refractivity contribution in [3.63, 3.8) is 0 Å². The maximum Gasteiger partial charge on any atom is 0.230 e. The van der Waals surface area contributed by atoms with Crippen molar-refractivity contribution < 1.29 is 4.42 Å². The van der Waals surface area contributed by atoms with Gasteiger partial charge in [-0.3, -0.25) is 0 Å². The van der Waals surface area contributed by atoms with E-state index in [9.17, 15) is 0 Å². The number of aromatic nitrogens is 2. The first kappa shape index (κ1) is 10.7. The lowest BCUT2D eigenvalue weighted by atomic mass is 10.1. The zero-order valence-corrected chi connectivity index (χ0v) is 9.84. The molecule has 0 radical (unpaired) electrons. The van der Waals surface area contributed by atoms with Gasteiger partial charge in [0.05, 0.1) is 4.83 Å². The molecule has 0 N–H and O–H groups in total. The van der Waals surface area contributed by atoms with Crippen LogP contribution in [0.25, 0.3) is 0 Å². The Bertz CT molecular complexity index is 237. The summed E-state index contributed by atoms with van der Waals surface area (Å²) in [6, 6.07) is 0. The molecule has 0 aliphatic rings. The summed E-state index contributed by atoms with van der Waals surface area (Å²) in [6.07, 6.45) is 1.99. The van der Waals surface area contributed by atoms with E-state index in [1.807, 2.05) is 0 Å². The predicted octanol–water partition coefficient (Wildman–Crippen LogP) is 3.43. The van der Waals surface area contributed by atoms with Gasteiger partial charge >= 0.3 is 0 Å². The molecular weight excluding hydrogens is 232 g/mol. The first-order valence-electron chi connectivity index (χ1n) is 4.66. The zero-order valence-electron chi connectivity index (χ0n) is 8.25. The monoisotopic (exact) mass is 246 g/mol. The molecule has 4 heteroatoms. The van der Waals surface area contributed by atoms with Crippen LogP contribution in [0.1, 0.15) is 56.1 Å². The van der Waals surface area contributed by atoms with E-state index in [0.29, 0.717) is 11.8 Å². The van der Waals surface area contributed by atoms with Crippen molar-refractivity contribution in [1.29, 1.82) is 0 Å². The largest absolute Gasteiger partial charge is 0.424 e. The summed E-state index contributed by atoms with van der Waals surface area (Å²) < 4.78 is 5.52. The number of hydrogen-bond acceptors (Lipinski definition) is 3. The van der Waals surface area contributed by atoms with Crippen LogP contribution in [-0.4, -0.2) is 10.2 Å². The molecule has 1 aromatic rings. The minimum atomic E-state index is 0.192. The van der Waals surface area contributed by atoms with Crippen LogP contribution in [0.3, 0.4) is 0 Å². The van der Waals surface area contributed by atoms with Gasteiger partial charge in [0, 0.05) is 5.92 Å². The lowest BCUT2D eigenvalue weighted by molar-refractivity contribution is 0.417. The van der Waals surface area contributed by atoms with Crippen molar-refractivity contribution in [2.45, 2.75) is 44.4 Å². The molecule has 3 nitrogen and oxygen atoms in total. The number of hydrogen-bond donors (Lipinski definition) is 0. The van der Waals surface area contributed by atoms with E-state index in [-0.39, 0.29) is 4.83 Å². The van der Waals surface area contributed by atoms with Crippen molar-refractivity contribution in [3.8, 4) is 0 Å². The standard InChI is InChI=1S/C9H15BrN2O/c1-4-6(3)8-11-12-9(13-8)7(10)5-2/h6-7H,4-5H2,1-3H3. The van der Waals surface area contributed by atoms with Gasteiger partial charge in [0.25, 0.3) is 0 Å². The van der Waals surface area contributed by atoms with Gasteiger partial charge in [-0.15, -0.1) is 10.2 Å². The molecule has 1 rings (SSSR count). The van der Waals surface area contributed by atoms with E-state index in [4.69, 9.17) is 4.42 Å². The number of halogens is 1. The third-order valence-electron chi connectivity index (χ3n) is 2.12. The molecule has 0 aliphatic carbocycles. The van der Waals surface area contributed by atoms with Crippen LogP contribution >= 0.6 is 15.9 Å². The summed E-state index contributed by atoms with van der Waals surface area (Å²) in [5.41, 5.74) is 0. The van der Waals surface area contributed by atoms with E-state index < -0.39 is 0 Å². The Morgan fingerprint density at radius 2 is 1.85 bits per heavy atom. The minimum absolute atomic E-state index is 0.192. The fourth-order valence-corrected chi connectivity index (χ4v) is 1.11. The van der Waals surface area contributed by atoms with E-state index in [2.05, 4.69) is 46.9 Å². The number of rotatable bonds is 4. The fraction of sp³-hybridized carbons (Fsp3) is 0.778. The summed E-state index contributed by atoms with van der Waals surface area (Å²) in [6.45, 7) is 6.28. The minimum Gasteiger partial charge on any atom is -0.424 e. The molecule has 0 spiro atoms. The summed E-state index contributed by atoms with van der Waals surface area (Å²) in [5, 5.41) is 8.00. The van der Waals surface area contributed by atoms with Gasteiger partial charge < -0.3 is 4.42 Å². The third kappa shape index (κ3) is 2.53. The predicted molar refractivity (Wildman–Crippen MR) is 55.0 cm³/mol. The van der Waals surface area contributed by atoms with Crippen LogP contribution in [0, 0.1) is 0 Å². The van der Waals surface area contributed by atoms with Crippen LogP contribution in [0.15, 0.2) is 4.42 Å². The first-order chi connectivity index (χ1) is 6.19. The van der Waals surface area contributed by atoms with Crippen molar-refractivity contribution in [2.24, 2.45) is 0 Å². The normalized spacial score (nSPS) is 15.7. The lowest BCUT2D eigenvalue weighted by Crippen LogP contribution is -1.90. The van der Waals surface area contributed by atoms with Crippen LogP contribution in [0.5, 0.6) is 0 Å². The highest BCUT2D eigenvalue weighted by molar-refractivity contribution is 9.09. The molecule has 0 saturated carbocycles. The maximum absolute atomic E-state index is 5.52. The second-order valence-corrected chi connectivity index (χ2v) is 4.27. The molecule has 0 amide bonds. The summed E-state index contributed by atoms with van der Waals surface area (Å²) in [5.74, 6) is 1.80. The lowest BCUT2D eigenvalue weighted by Gasteiger charge is -2.01. The smallest absolute Gasteiger partial charge is 0.230 e. The van der Waals surface area contributed by atoms with Gasteiger partial charge in [-0.05, 0) is 12.8 Å². The SMILES string of the molecule is CCC(C)c1nnc(C(Br)CC)o1. The molecule has 0 aliphatic heterocycles. The fourth-order valence-electron chi connectivity index (χ4n) is 0.922. The zero-order chi connectivity index (χ0) is 9.84. The van der Waals surface area contributed by atoms with Gasteiger partial charge in [-0.25, -0.2) is 0 Å². The molecule has 0 aromatic carbocycles. The molecule has 0 fully saturated rings. The van der Waals surface area contributed by atoms with Crippen molar-refractivity contribution in [1.82, 2.24) is 10.2 Å². The molecule has 2 atom stereocenters. The average Bonchev–Trinajstić information content (AvgIpc) is 2.64. The van der Waals surface area contributed by atoms with E-state index >= 15 is 0 Å². The first-order valence-corrected chi connectivity index (χ1v) is 5.57. The average molecular weight is 247 g/mol. The Labute approximate surface area is 87.1 Å². The van der Waals surface area contributed by atoms with Gasteiger partial charge in [-0.1, -0.05) is 36.7 Å². The van der Waals surface area contributed by atoms with Gasteiger partial charge in [-0.2, -0.15) is 0 Å². The Kier molecular flexibility index (Phi) is 3.90. The Morgan fingerprint density at radius 1 is 1.23 bits per heavy atom. The van der Waals surface area contributed by atoms with Crippen molar-refractivity contribution >= 4 is 15.9 Å². The summed E-state index contributed by atoms with van der Waals surface area (Å²) >= 11 is 3.47. The third-order valence-corrected chi connectivity index (χ3v) is 3.16. The Balaban J connectivity index is 2.74. The highest BCUT2D eigenvalue weighted by atomic mass is 79.9. The maximum atomic E-state index is 5.52. The quantitative estimate of drug-likeness (QED) is 0.765. The topological polar surface area (TPSA) is 38.9 Å². The van der Waals surface area contributed by atoms with Crippen molar-refractivity contribution in [2.75, 3.05) is 0 Å². The van der Waals surface area contributed by atoms with Gasteiger partial charge in [0.15, 0.2) is 0 Å². The van der Waals surface area contributed by atoms with Crippen LogP contribution in [0.2, 0.25) is 0 Å². The Hall–Kier alpha value is -0.380. The molecule has 0 saturated heterocycles. The summed E-state index contributed by atoms with van der Waals surface area (Å²) in [4.78, 5) is 0.192. The van der Waals surface area contributed by atoms with Crippen LogP contribution in [-0.2, 0) is 0 Å². The van der Waals surface area contributed by atoms with Crippen LogP contribution in [0.4, 0.5) is 0 Å². The molecule has 1 aromatic heterocycles. The molecule has 13 heavy (non-hydrogen) atoms. The van der Waals surface area contributed by atoms with Crippen molar-refractivity contribution in [3.05, 3.63) is 11.8 Å². The van der Waals surface area contributed by atoms with Crippen LogP contribution < -0.4 is 0 Å². The number of alkyl halides is 1. The molecule has 74 valence electrons. The summed E-state index contributed by atoms with van der Waals surface area (Å²) in [7, 11) is 0. The molecule has 1 heterocycles. The van der Waals surface area contributed by atoms with E-state index in [0.717, 1.165) is 18.7 Å². The second-order valence-electron chi connectivity index (χ2n) is 3.16. The Morgan fingerprint density at radius 3 is 2.38 bits per heavy atom. The van der Waals surface area contributed by atoms with E-state index in [1.54, 1.807) is 0 Å². The number of nitrogens with zero attached hydrogens (tertiary/aromatic N) is 2. The highest BCUT2D eigenvalue weighted by Crippen LogP contribution is 2.26. The molecular formula is C9H15BrN2O. The highest BCUT2D eigenvalue weighted by Gasteiger charge is 2.16. The van der Waals surface area contributed by atoms with E-state index in [1.165, 1.54) is 0 Å². The molecule has 2 unspecified atom stereocenters.